The van der Waals surface area contributed by atoms with Gasteiger partial charge in [0.05, 0.1) is 13.2 Å². The molecule has 2 aromatic rings. The van der Waals surface area contributed by atoms with E-state index in [1.807, 2.05) is 34.4 Å². The van der Waals surface area contributed by atoms with E-state index in [-0.39, 0.29) is 23.5 Å². The fourth-order valence-electron chi connectivity index (χ4n) is 3.97. The molecule has 2 aliphatic heterocycles. The Morgan fingerprint density at radius 3 is 1.24 bits per heavy atom. The average molecular weight is 469 g/mol. The van der Waals surface area contributed by atoms with Crippen LogP contribution in [0.15, 0.2) is 48.5 Å². The van der Waals surface area contributed by atoms with Gasteiger partial charge in [0.1, 0.15) is 11.5 Å². The lowest BCUT2D eigenvalue weighted by Gasteiger charge is -2.16. The second-order valence-corrected chi connectivity index (χ2v) is 11.2. The Balaban J connectivity index is 1.04. The van der Waals surface area contributed by atoms with Gasteiger partial charge in [0.15, 0.2) is 12.5 Å². The van der Waals surface area contributed by atoms with Crippen molar-refractivity contribution < 1.29 is 19.1 Å². The normalized spacial score (nSPS) is 24.1. The van der Waals surface area contributed by atoms with Crippen molar-refractivity contribution in [2.75, 3.05) is 13.2 Å². The highest BCUT2D eigenvalue weighted by Crippen LogP contribution is 2.44. The lowest BCUT2D eigenvalue weighted by Crippen LogP contribution is -2.25. The maximum atomic E-state index is 5.90. The summed E-state index contributed by atoms with van der Waals surface area (Å²) in [6.45, 7) is 14.4. The molecule has 0 aromatic heterocycles. The van der Waals surface area contributed by atoms with Crippen molar-refractivity contribution in [3.8, 4) is 11.5 Å². The largest absolute Gasteiger partial charge is 0.494 e. The number of rotatable bonds is 11. The van der Waals surface area contributed by atoms with Gasteiger partial charge in [-0.3, -0.25) is 9.68 Å². The summed E-state index contributed by atoms with van der Waals surface area (Å²) in [4.78, 5) is 11.4. The third-order valence-electron chi connectivity index (χ3n) is 5.99. The maximum Gasteiger partial charge on any atom is 0.180 e. The Labute approximate surface area is 204 Å². The molecule has 4 unspecified atom stereocenters. The third-order valence-corrected chi connectivity index (χ3v) is 5.99. The molecule has 6 heteroatoms. The predicted octanol–water partition coefficient (Wildman–Crippen LogP) is 6.79. The van der Waals surface area contributed by atoms with Crippen molar-refractivity contribution >= 4 is 0 Å². The van der Waals surface area contributed by atoms with Gasteiger partial charge in [0, 0.05) is 11.1 Å². The topological polar surface area (TPSA) is 49.5 Å². The number of ether oxygens (including phenoxy) is 2. The number of hydroxylamine groups is 4. The fraction of sp³-hybridized carbons (Fsp3) is 0.571. The zero-order valence-corrected chi connectivity index (χ0v) is 21.5. The van der Waals surface area contributed by atoms with Gasteiger partial charge in [0.25, 0.3) is 0 Å². The number of unbranched alkanes of at least 4 members (excludes halogenated alkanes) is 3. The molecule has 4 rings (SSSR count). The van der Waals surface area contributed by atoms with Crippen LogP contribution in [0.25, 0.3) is 0 Å². The Hall–Kier alpha value is -2.12. The van der Waals surface area contributed by atoms with Gasteiger partial charge < -0.3 is 9.47 Å². The Kier molecular flexibility index (Phi) is 7.53. The van der Waals surface area contributed by atoms with E-state index >= 15 is 0 Å². The minimum absolute atomic E-state index is 0.0234. The van der Waals surface area contributed by atoms with Gasteiger partial charge in [-0.1, -0.05) is 24.3 Å². The van der Waals surface area contributed by atoms with Crippen molar-refractivity contribution in [1.29, 1.82) is 0 Å². The molecule has 6 nitrogen and oxygen atoms in total. The van der Waals surface area contributed by atoms with E-state index < -0.39 is 0 Å². The third kappa shape index (κ3) is 6.72. The summed E-state index contributed by atoms with van der Waals surface area (Å²) < 4.78 is 11.8. The first kappa shape index (κ1) is 25.0. The van der Waals surface area contributed by atoms with Gasteiger partial charge in [-0.2, -0.15) is 0 Å². The molecule has 0 saturated carbocycles. The molecule has 0 N–H and O–H groups in total. The molecule has 2 heterocycles. The van der Waals surface area contributed by atoms with Crippen LogP contribution < -0.4 is 9.47 Å². The molecule has 0 spiro atoms. The van der Waals surface area contributed by atoms with Crippen molar-refractivity contribution in [3.05, 3.63) is 59.7 Å². The Morgan fingerprint density at radius 1 is 0.588 bits per heavy atom. The first-order valence-electron chi connectivity index (χ1n) is 12.5. The quantitative estimate of drug-likeness (QED) is 0.267. The van der Waals surface area contributed by atoms with Gasteiger partial charge >= 0.3 is 0 Å². The number of nitrogens with zero attached hydrogens (tertiary/aromatic N) is 2. The van der Waals surface area contributed by atoms with Gasteiger partial charge in [-0.15, -0.1) is 10.1 Å². The van der Waals surface area contributed by atoms with E-state index in [0.29, 0.717) is 0 Å². The van der Waals surface area contributed by atoms with Crippen LogP contribution in [0.3, 0.4) is 0 Å². The summed E-state index contributed by atoms with van der Waals surface area (Å²) in [5, 5.41) is 4.04. The fourth-order valence-corrected chi connectivity index (χ4v) is 3.97. The predicted molar refractivity (Wildman–Crippen MR) is 133 cm³/mol. The van der Waals surface area contributed by atoms with E-state index in [0.717, 1.165) is 50.4 Å². The summed E-state index contributed by atoms with van der Waals surface area (Å²) in [7, 11) is 0. The number of benzene rings is 2. The van der Waals surface area contributed by atoms with Gasteiger partial charge in [-0.25, -0.2) is 0 Å². The molecule has 34 heavy (non-hydrogen) atoms. The van der Waals surface area contributed by atoms with E-state index in [1.54, 1.807) is 0 Å². The molecule has 2 aliphatic rings. The average Bonchev–Trinajstić information content (AvgIpc) is 3.68. The Morgan fingerprint density at radius 2 is 0.941 bits per heavy atom. The van der Waals surface area contributed by atoms with Crippen LogP contribution >= 0.6 is 0 Å². The summed E-state index contributed by atoms with van der Waals surface area (Å²) in [5.74, 6) is 1.83. The SMILES string of the molecule is CC(C)(C)N1OC1c1ccc(OCCCCCCOc2ccc(C3ON3C(C)(C)C)cc2)cc1. The van der Waals surface area contributed by atoms with Crippen LogP contribution in [0.1, 0.15) is 90.8 Å². The minimum Gasteiger partial charge on any atom is -0.494 e. The molecule has 2 aromatic carbocycles. The summed E-state index contributed by atoms with van der Waals surface area (Å²) in [6.07, 6.45) is 4.51. The molecule has 2 saturated heterocycles. The zero-order chi connectivity index (χ0) is 24.3. The summed E-state index contributed by atoms with van der Waals surface area (Å²) in [6, 6.07) is 16.5. The second-order valence-electron chi connectivity index (χ2n) is 11.2. The smallest absolute Gasteiger partial charge is 0.180 e. The van der Waals surface area contributed by atoms with Gasteiger partial charge in [-0.05, 0) is 103 Å². The van der Waals surface area contributed by atoms with Crippen molar-refractivity contribution in [3.63, 3.8) is 0 Å². The van der Waals surface area contributed by atoms with E-state index in [9.17, 15) is 0 Å². The van der Waals surface area contributed by atoms with Crippen molar-refractivity contribution in [2.24, 2.45) is 0 Å². The Bertz CT molecular complexity index is 838. The highest BCUT2D eigenvalue weighted by molar-refractivity contribution is 5.30. The first-order valence-corrected chi connectivity index (χ1v) is 12.5. The summed E-state index contributed by atoms with van der Waals surface area (Å²) in [5.41, 5.74) is 2.39. The monoisotopic (exact) mass is 468 g/mol. The van der Waals surface area contributed by atoms with Crippen LogP contribution in [0.2, 0.25) is 0 Å². The van der Waals surface area contributed by atoms with E-state index in [1.165, 1.54) is 11.1 Å². The second kappa shape index (κ2) is 10.2. The van der Waals surface area contributed by atoms with Crippen molar-refractivity contribution in [2.45, 2.75) is 90.8 Å². The molecule has 2 fully saturated rings. The van der Waals surface area contributed by atoms with Crippen LogP contribution in [0.4, 0.5) is 0 Å². The molecule has 0 bridgehead atoms. The van der Waals surface area contributed by atoms with E-state index in [2.05, 4.69) is 65.8 Å². The van der Waals surface area contributed by atoms with Crippen LogP contribution in [-0.4, -0.2) is 34.4 Å². The lowest BCUT2D eigenvalue weighted by atomic mass is 10.1. The molecule has 0 radical (unpaired) electrons. The number of hydrogen-bond donors (Lipinski definition) is 0. The standard InChI is InChI=1S/C28H40N2O4/c1-27(2,3)29-25(33-29)21-11-15-23(16-12-21)31-19-9-7-8-10-20-32-24-17-13-22(14-18-24)26-30(34-26)28(4,5)6/h11-18,25-26H,7-10,19-20H2,1-6H3. The highest BCUT2D eigenvalue weighted by Gasteiger charge is 2.46. The van der Waals surface area contributed by atoms with E-state index in [4.69, 9.17) is 19.1 Å². The number of hydrogen-bond acceptors (Lipinski definition) is 6. The van der Waals surface area contributed by atoms with Crippen LogP contribution in [0, 0.1) is 0 Å². The molecular weight excluding hydrogens is 428 g/mol. The van der Waals surface area contributed by atoms with Gasteiger partial charge in [0.2, 0.25) is 0 Å². The lowest BCUT2D eigenvalue weighted by molar-refractivity contribution is 0.101. The van der Waals surface area contributed by atoms with Crippen molar-refractivity contribution in [1.82, 2.24) is 10.1 Å². The molecule has 0 amide bonds. The molecular formula is C28H40N2O4. The maximum absolute atomic E-state index is 5.90. The first-order chi connectivity index (χ1) is 16.1. The van der Waals surface area contributed by atoms with Crippen LogP contribution in [-0.2, 0) is 9.68 Å². The minimum atomic E-state index is 0.0234. The molecule has 186 valence electrons. The highest BCUT2D eigenvalue weighted by atomic mass is 16.8. The van der Waals surface area contributed by atoms with Crippen LogP contribution in [0.5, 0.6) is 11.5 Å². The summed E-state index contributed by atoms with van der Waals surface area (Å²) >= 11 is 0. The zero-order valence-electron chi connectivity index (χ0n) is 21.5. The molecule has 0 aliphatic carbocycles. The molecule has 4 atom stereocenters.